The van der Waals surface area contributed by atoms with Gasteiger partial charge in [0.05, 0.1) is 24.8 Å². The number of rotatable bonds is 9. The highest BCUT2D eigenvalue weighted by Crippen LogP contribution is 2.34. The number of ether oxygens (including phenoxy) is 2. The molecule has 0 saturated carbocycles. The lowest BCUT2D eigenvalue weighted by Gasteiger charge is -2.12. The van der Waals surface area contributed by atoms with Gasteiger partial charge in [-0.2, -0.15) is 0 Å². The molecule has 1 heterocycles. The topological polar surface area (TPSA) is 120 Å². The van der Waals surface area contributed by atoms with Gasteiger partial charge in [0.2, 0.25) is 11.8 Å². The zero-order valence-electron chi connectivity index (χ0n) is 18.6. The highest BCUT2D eigenvalue weighted by atomic mass is 79.9. The van der Waals surface area contributed by atoms with Crippen LogP contribution in [0.1, 0.15) is 23.2 Å². The number of anilines is 2. The van der Waals surface area contributed by atoms with E-state index < -0.39 is 10.0 Å². The minimum atomic E-state index is -3.85. The minimum absolute atomic E-state index is 0.0308. The maximum atomic E-state index is 12.6. The minimum Gasteiger partial charge on any atom is -0.493 e. The lowest BCUT2D eigenvalue weighted by Crippen LogP contribution is -2.14. The zero-order valence-corrected chi connectivity index (χ0v) is 21.0. The number of methoxy groups -OCH3 is 2. The molecule has 2 aromatic carbocycles. The van der Waals surface area contributed by atoms with E-state index >= 15 is 0 Å². The molecule has 0 spiro atoms. The van der Waals surface area contributed by atoms with Crippen molar-refractivity contribution in [2.45, 2.75) is 31.6 Å². The predicted octanol–water partition coefficient (Wildman–Crippen LogP) is 4.44. The Morgan fingerprint density at radius 1 is 1.09 bits per heavy atom. The van der Waals surface area contributed by atoms with Crippen LogP contribution in [0.3, 0.4) is 0 Å². The highest BCUT2D eigenvalue weighted by molar-refractivity contribution is 9.10. The molecule has 0 aliphatic heterocycles. The molecule has 0 saturated heterocycles. The molecule has 2 N–H and O–H groups in total. The van der Waals surface area contributed by atoms with Gasteiger partial charge in [0.25, 0.3) is 10.0 Å². The van der Waals surface area contributed by atoms with Gasteiger partial charge >= 0.3 is 0 Å². The van der Waals surface area contributed by atoms with Crippen molar-refractivity contribution < 1.29 is 27.2 Å². The van der Waals surface area contributed by atoms with Crippen LogP contribution >= 0.6 is 15.9 Å². The Hall–Kier alpha value is -3.05. The number of sulfonamides is 1. The van der Waals surface area contributed by atoms with Crippen LogP contribution in [-0.4, -0.2) is 33.7 Å². The number of halogens is 1. The lowest BCUT2D eigenvalue weighted by atomic mass is 10.1. The van der Waals surface area contributed by atoms with Gasteiger partial charge < -0.3 is 19.3 Å². The summed E-state index contributed by atoms with van der Waals surface area (Å²) in [6.45, 7) is 3.43. The fourth-order valence-corrected chi connectivity index (χ4v) is 4.54. The summed E-state index contributed by atoms with van der Waals surface area (Å²) >= 11 is 3.48. The first-order valence-electron chi connectivity index (χ1n) is 9.90. The molecule has 0 unspecified atom stereocenters. The molecule has 176 valence electrons. The lowest BCUT2D eigenvalue weighted by molar-refractivity contribution is -0.116. The van der Waals surface area contributed by atoms with Gasteiger partial charge in [0.15, 0.2) is 11.5 Å². The van der Waals surface area contributed by atoms with E-state index in [1.165, 1.54) is 24.3 Å². The molecule has 0 fully saturated rings. The van der Waals surface area contributed by atoms with Crippen LogP contribution in [0, 0.1) is 13.8 Å². The second-order valence-corrected chi connectivity index (χ2v) is 9.74. The maximum Gasteiger partial charge on any atom is 0.264 e. The van der Waals surface area contributed by atoms with E-state index in [-0.39, 0.29) is 23.1 Å². The molecule has 3 aromatic rings. The number of carbonyl (C=O) groups is 1. The molecule has 0 radical (unpaired) electrons. The summed E-state index contributed by atoms with van der Waals surface area (Å²) in [4.78, 5) is 12.4. The maximum absolute atomic E-state index is 12.6. The van der Waals surface area contributed by atoms with Crippen LogP contribution in [0.25, 0.3) is 0 Å². The zero-order chi connectivity index (χ0) is 24.2. The summed E-state index contributed by atoms with van der Waals surface area (Å²) in [7, 11) is -0.748. The number of aromatic nitrogens is 1. The summed E-state index contributed by atoms with van der Waals surface area (Å²) in [5.74, 6) is 1.04. The molecule has 3 rings (SSSR count). The molecule has 0 aliphatic carbocycles. The van der Waals surface area contributed by atoms with E-state index in [0.717, 1.165) is 10.0 Å². The van der Waals surface area contributed by atoms with Crippen molar-refractivity contribution in [3.8, 4) is 11.5 Å². The number of aryl methyl sites for hydroxylation is 2. The summed E-state index contributed by atoms with van der Waals surface area (Å²) in [5, 5.41) is 6.51. The first-order chi connectivity index (χ1) is 15.6. The molecule has 0 atom stereocenters. The van der Waals surface area contributed by atoms with E-state index in [0.29, 0.717) is 34.9 Å². The van der Waals surface area contributed by atoms with E-state index in [1.54, 1.807) is 34.1 Å². The summed E-state index contributed by atoms with van der Waals surface area (Å²) < 4.78 is 43.9. The summed E-state index contributed by atoms with van der Waals surface area (Å²) in [6.07, 6.45) is 0.693. The van der Waals surface area contributed by atoms with Crippen molar-refractivity contribution in [1.82, 2.24) is 5.16 Å². The van der Waals surface area contributed by atoms with Gasteiger partial charge in [-0.25, -0.2) is 13.1 Å². The van der Waals surface area contributed by atoms with Gasteiger partial charge in [0, 0.05) is 22.1 Å². The van der Waals surface area contributed by atoms with E-state index in [1.807, 2.05) is 6.07 Å². The fraction of sp³-hybridized carbons (Fsp3) is 0.273. The van der Waals surface area contributed by atoms with E-state index in [2.05, 4.69) is 31.1 Å². The number of amides is 1. The number of benzene rings is 2. The molecular formula is C22H24BrN3O6S. The predicted molar refractivity (Wildman–Crippen MR) is 127 cm³/mol. The Labute approximate surface area is 200 Å². The standard InChI is InChI=1S/C22H24BrN3O6S/c1-13-14(2)25-32-22(13)26-33(28,29)17-8-6-16(7-9-17)24-21(27)10-5-15-11-19(30-3)20(31-4)12-18(15)23/h6-9,11-12,26H,5,10H2,1-4H3,(H,24,27). The van der Waals surface area contributed by atoms with Gasteiger partial charge in [-0.1, -0.05) is 21.1 Å². The molecular weight excluding hydrogens is 514 g/mol. The van der Waals surface area contributed by atoms with Crippen molar-refractivity contribution in [2.24, 2.45) is 0 Å². The number of carbonyl (C=O) groups excluding carboxylic acids is 1. The largest absolute Gasteiger partial charge is 0.493 e. The third-order valence-corrected chi connectivity index (χ3v) is 7.09. The Bertz CT molecular complexity index is 1260. The van der Waals surface area contributed by atoms with Crippen molar-refractivity contribution in [1.29, 1.82) is 0 Å². The summed E-state index contributed by atoms with van der Waals surface area (Å²) in [5.41, 5.74) is 2.60. The first kappa shape index (κ1) is 24.6. The molecule has 11 heteroatoms. The fourth-order valence-electron chi connectivity index (χ4n) is 2.97. The SMILES string of the molecule is COc1cc(Br)c(CCC(=O)Nc2ccc(S(=O)(=O)Nc3onc(C)c3C)cc2)cc1OC. The number of hydrogen-bond donors (Lipinski definition) is 2. The third-order valence-electron chi connectivity index (χ3n) is 5.01. The van der Waals surface area contributed by atoms with Crippen molar-refractivity contribution in [3.63, 3.8) is 0 Å². The third kappa shape index (κ3) is 5.85. The average Bonchev–Trinajstić information content (AvgIpc) is 3.10. The Kier molecular flexibility index (Phi) is 7.65. The van der Waals surface area contributed by atoms with Crippen LogP contribution < -0.4 is 19.5 Å². The normalized spacial score (nSPS) is 11.2. The number of hydrogen-bond acceptors (Lipinski definition) is 7. The Morgan fingerprint density at radius 2 is 1.73 bits per heavy atom. The molecule has 0 bridgehead atoms. The van der Waals surface area contributed by atoms with Crippen LogP contribution in [0.5, 0.6) is 11.5 Å². The number of nitrogens with zero attached hydrogens (tertiary/aromatic N) is 1. The second kappa shape index (κ2) is 10.3. The quantitative estimate of drug-likeness (QED) is 0.413. The van der Waals surface area contributed by atoms with Crippen LogP contribution in [0.2, 0.25) is 0 Å². The van der Waals surface area contributed by atoms with Crippen molar-refractivity contribution in [3.05, 3.63) is 57.7 Å². The molecule has 33 heavy (non-hydrogen) atoms. The van der Waals surface area contributed by atoms with Crippen LogP contribution in [-0.2, 0) is 21.2 Å². The molecule has 9 nitrogen and oxygen atoms in total. The van der Waals surface area contributed by atoms with E-state index in [9.17, 15) is 13.2 Å². The Morgan fingerprint density at radius 3 is 2.30 bits per heavy atom. The van der Waals surface area contributed by atoms with Gasteiger partial charge in [-0.3, -0.25) is 4.79 Å². The Balaban J connectivity index is 1.62. The molecule has 1 aromatic heterocycles. The van der Waals surface area contributed by atoms with Gasteiger partial charge in [0.1, 0.15) is 0 Å². The van der Waals surface area contributed by atoms with Gasteiger partial charge in [-0.05, 0) is 62.2 Å². The van der Waals surface area contributed by atoms with Gasteiger partial charge in [-0.15, -0.1) is 0 Å². The molecule has 0 aliphatic rings. The smallest absolute Gasteiger partial charge is 0.264 e. The van der Waals surface area contributed by atoms with E-state index in [4.69, 9.17) is 14.0 Å². The number of nitrogens with one attached hydrogen (secondary N) is 2. The second-order valence-electron chi connectivity index (χ2n) is 7.20. The summed E-state index contributed by atoms with van der Waals surface area (Å²) in [6, 6.07) is 9.47. The first-order valence-corrected chi connectivity index (χ1v) is 12.2. The highest BCUT2D eigenvalue weighted by Gasteiger charge is 2.19. The van der Waals surface area contributed by atoms with Crippen molar-refractivity contribution in [2.75, 3.05) is 24.3 Å². The average molecular weight is 538 g/mol. The van der Waals surface area contributed by atoms with Crippen molar-refractivity contribution >= 4 is 43.4 Å². The van der Waals surface area contributed by atoms with Crippen LogP contribution in [0.4, 0.5) is 11.6 Å². The monoisotopic (exact) mass is 537 g/mol. The molecule has 1 amide bonds. The van der Waals surface area contributed by atoms with Crippen LogP contribution in [0.15, 0.2) is 50.3 Å².